The standard InChI is InChI=1S/C61H94N2O11S2/c1-5-7-9-11-13-15-17-18-20-22-24-26-34-48(51-39-37-46-32-27-29-35-49(46)68-51)53(64)73-74-56(67)61(52-40-38-47-33-28-30-36-50(47)69-52)60(41-31-25-23-21-19-16-14-12-10-8-6-2)58(62,42-44-75-3)54(65)70-57(72-61)71-55(66)59(60,63)43-45-76-4/h27-30,32-33,35-36,48,51-52,57H,5-26,31,34,37-45,62-63H2,1-4H3. The van der Waals surface area contributed by atoms with Crippen LogP contribution in [-0.2, 0) is 56.0 Å². The van der Waals surface area contributed by atoms with Crippen LogP contribution < -0.4 is 20.9 Å². The molecule has 6 rings (SSSR count). The van der Waals surface area contributed by atoms with Gasteiger partial charge in [0.1, 0.15) is 34.8 Å². The predicted molar refractivity (Wildman–Crippen MR) is 303 cm³/mol. The van der Waals surface area contributed by atoms with Crippen LogP contribution in [0.3, 0.4) is 0 Å². The largest absolute Gasteiger partial charge is 0.489 e. The SMILES string of the molecule is CCCCCCCCCCCCCCC(C(=O)OOC(=O)C1(C2CCc3ccccc3O2)OC2OC(=O)C(N)(CCSC)C1(CCCCCCCCCCCCC)C(N)(CCSC)C(=O)O2)C1CCc2ccccc2O1. The second-order valence-electron chi connectivity index (χ2n) is 22.2. The second kappa shape index (κ2) is 31.3. The zero-order chi connectivity index (χ0) is 54.3. The summed E-state index contributed by atoms with van der Waals surface area (Å²) in [5, 5.41) is 0. The number of ether oxygens (including phenoxy) is 5. The lowest BCUT2D eigenvalue weighted by Crippen LogP contribution is -2.85. The maximum Gasteiger partial charge on any atom is 0.391 e. The van der Waals surface area contributed by atoms with Crippen LogP contribution in [0.1, 0.15) is 211 Å². The van der Waals surface area contributed by atoms with Gasteiger partial charge in [-0.3, -0.25) is 4.74 Å². The fourth-order valence-electron chi connectivity index (χ4n) is 12.8. The Bertz CT molecular complexity index is 2080. The molecule has 4 aliphatic rings. The Balaban J connectivity index is 1.35. The molecule has 6 atom stereocenters. The van der Waals surface area contributed by atoms with E-state index in [1.807, 2.05) is 55.0 Å². The quantitative estimate of drug-likeness (QED) is 0.0287. The van der Waals surface area contributed by atoms with Gasteiger partial charge in [0.15, 0.2) is 0 Å². The molecule has 4 aliphatic heterocycles. The minimum atomic E-state index is -2.52. The first kappa shape index (κ1) is 61.7. The molecule has 2 aromatic rings. The van der Waals surface area contributed by atoms with E-state index < -0.39 is 70.6 Å². The number of rotatable bonds is 35. The van der Waals surface area contributed by atoms with E-state index in [1.165, 1.54) is 107 Å². The van der Waals surface area contributed by atoms with Gasteiger partial charge in [0.25, 0.3) is 0 Å². The van der Waals surface area contributed by atoms with Crippen molar-refractivity contribution in [3.05, 3.63) is 59.7 Å². The van der Waals surface area contributed by atoms with Gasteiger partial charge < -0.3 is 30.4 Å². The molecular weight excluding hydrogens is 1000 g/mol. The summed E-state index contributed by atoms with van der Waals surface area (Å²) in [6, 6.07) is 15.3. The van der Waals surface area contributed by atoms with Gasteiger partial charge in [0.05, 0.1) is 11.3 Å². The van der Waals surface area contributed by atoms with Gasteiger partial charge in [0.2, 0.25) is 5.60 Å². The van der Waals surface area contributed by atoms with E-state index in [4.69, 9.17) is 44.9 Å². The van der Waals surface area contributed by atoms with Crippen molar-refractivity contribution in [1.29, 1.82) is 0 Å². The smallest absolute Gasteiger partial charge is 0.391 e. The van der Waals surface area contributed by atoms with Gasteiger partial charge in [0, 0.05) is 0 Å². The first-order chi connectivity index (χ1) is 37.0. The Labute approximate surface area is 464 Å². The lowest BCUT2D eigenvalue weighted by atomic mass is 9.46. The molecule has 4 heterocycles. The number of hydrogen-bond donors (Lipinski definition) is 2. The molecule has 426 valence electrons. The Kier molecular flexibility index (Phi) is 25.4. The molecule has 0 amide bonds. The van der Waals surface area contributed by atoms with Crippen LogP contribution in [0, 0.1) is 11.3 Å². The Hall–Kier alpha value is -3.50. The second-order valence-corrected chi connectivity index (χ2v) is 24.2. The summed E-state index contributed by atoms with van der Waals surface area (Å²) in [5.74, 6) is -2.74. The highest BCUT2D eigenvalue weighted by Gasteiger charge is 2.84. The highest BCUT2D eigenvalue weighted by molar-refractivity contribution is 7.98. The zero-order valence-electron chi connectivity index (χ0n) is 46.7. The molecule has 6 unspecified atom stereocenters. The fourth-order valence-corrected chi connectivity index (χ4v) is 13.8. The first-order valence-corrected chi connectivity index (χ1v) is 32.3. The molecule has 2 fully saturated rings. The molecule has 0 aromatic heterocycles. The van der Waals surface area contributed by atoms with Gasteiger partial charge in [-0.15, -0.1) is 0 Å². The van der Waals surface area contributed by atoms with E-state index in [0.717, 1.165) is 62.5 Å². The van der Waals surface area contributed by atoms with Crippen LogP contribution in [0.4, 0.5) is 0 Å². The first-order valence-electron chi connectivity index (χ1n) is 29.5. The number of carbonyl (C=O) groups excluding carboxylic acids is 4. The van der Waals surface area contributed by atoms with Crippen molar-refractivity contribution in [2.45, 2.75) is 248 Å². The lowest BCUT2D eigenvalue weighted by Gasteiger charge is -2.60. The summed E-state index contributed by atoms with van der Waals surface area (Å²) in [4.78, 5) is 73.2. The third kappa shape index (κ3) is 14.8. The maximum absolute atomic E-state index is 16.2. The number of esters is 2. The third-order valence-electron chi connectivity index (χ3n) is 17.1. The number of aryl methyl sites for hydroxylation is 2. The van der Waals surface area contributed by atoms with Crippen molar-refractivity contribution in [2.24, 2.45) is 22.8 Å². The number of hydrogen-bond acceptors (Lipinski definition) is 15. The zero-order valence-corrected chi connectivity index (χ0v) is 48.4. The van der Waals surface area contributed by atoms with Gasteiger partial charge in [-0.2, -0.15) is 23.5 Å². The summed E-state index contributed by atoms with van der Waals surface area (Å²) in [7, 11) is 0. The van der Waals surface area contributed by atoms with Crippen molar-refractivity contribution >= 4 is 47.4 Å². The van der Waals surface area contributed by atoms with E-state index in [0.29, 0.717) is 61.5 Å². The minimum absolute atomic E-state index is 0.0435. The van der Waals surface area contributed by atoms with Crippen LogP contribution in [0.25, 0.3) is 0 Å². The van der Waals surface area contributed by atoms with Crippen molar-refractivity contribution in [1.82, 2.24) is 0 Å². The number of nitrogens with two attached hydrogens (primary N) is 2. The molecule has 0 radical (unpaired) electrons. The summed E-state index contributed by atoms with van der Waals surface area (Å²) in [5.41, 5.74) is 8.49. The number of benzene rings is 2. The average Bonchev–Trinajstić information content (AvgIpc) is 3.60. The van der Waals surface area contributed by atoms with Gasteiger partial charge >= 0.3 is 30.4 Å². The third-order valence-corrected chi connectivity index (χ3v) is 18.3. The summed E-state index contributed by atoms with van der Waals surface area (Å²) in [6.45, 7) is 2.41. The van der Waals surface area contributed by atoms with Gasteiger partial charge in [-0.1, -0.05) is 198 Å². The van der Waals surface area contributed by atoms with Crippen LogP contribution in [0.2, 0.25) is 0 Å². The molecule has 15 heteroatoms. The Morgan fingerprint density at radius 1 is 0.579 bits per heavy atom. The topological polar surface area (TPSA) is 185 Å². The highest BCUT2D eigenvalue weighted by atomic mass is 32.2. The summed E-state index contributed by atoms with van der Waals surface area (Å²) >= 11 is 2.91. The number of carbonyl (C=O) groups is 4. The minimum Gasteiger partial charge on any atom is -0.489 e. The van der Waals surface area contributed by atoms with Crippen molar-refractivity contribution in [2.75, 3.05) is 24.0 Å². The molecule has 0 saturated carbocycles. The Morgan fingerprint density at radius 2 is 1.03 bits per heavy atom. The molecule has 2 aromatic carbocycles. The van der Waals surface area contributed by atoms with E-state index in [-0.39, 0.29) is 25.7 Å². The van der Waals surface area contributed by atoms with Crippen LogP contribution in [-0.4, -0.2) is 83.3 Å². The highest BCUT2D eigenvalue weighted by Crippen LogP contribution is 2.63. The number of unbranched alkanes of at least 4 members (excludes halogenated alkanes) is 21. The number of thioether (sulfide) groups is 2. The normalized spacial score (nSPS) is 26.2. The van der Waals surface area contributed by atoms with Crippen molar-refractivity contribution in [3.63, 3.8) is 0 Å². The molecule has 0 spiro atoms. The molecule has 0 aliphatic carbocycles. The van der Waals surface area contributed by atoms with Crippen molar-refractivity contribution in [3.8, 4) is 11.5 Å². The van der Waals surface area contributed by atoms with E-state index in [2.05, 4.69) is 13.8 Å². The lowest BCUT2D eigenvalue weighted by molar-refractivity contribution is -0.330. The van der Waals surface area contributed by atoms with E-state index >= 15 is 14.4 Å². The molecule has 2 saturated heterocycles. The summed E-state index contributed by atoms with van der Waals surface area (Å²) < 4.78 is 32.3. The monoisotopic (exact) mass is 1090 g/mol. The van der Waals surface area contributed by atoms with Crippen LogP contribution in [0.5, 0.6) is 11.5 Å². The maximum atomic E-state index is 16.2. The van der Waals surface area contributed by atoms with Gasteiger partial charge in [-0.05, 0) is 98.6 Å². The average molecular weight is 1100 g/mol. The number of fused-ring (bicyclic) bond motifs is 5. The van der Waals surface area contributed by atoms with Crippen LogP contribution in [0.15, 0.2) is 48.5 Å². The molecule has 76 heavy (non-hydrogen) atoms. The van der Waals surface area contributed by atoms with Gasteiger partial charge in [-0.25, -0.2) is 29.0 Å². The van der Waals surface area contributed by atoms with Crippen molar-refractivity contribution < 1.29 is 52.6 Å². The fraction of sp³-hybridized carbons (Fsp3) is 0.738. The summed E-state index contributed by atoms with van der Waals surface area (Å²) in [6.07, 6.45) is 29.5. The molecule has 4 N–H and O–H groups in total. The molecule has 2 bridgehead atoms. The number of para-hydroxylation sites is 2. The Morgan fingerprint density at radius 3 is 1.53 bits per heavy atom. The van der Waals surface area contributed by atoms with E-state index in [1.54, 1.807) is 6.07 Å². The van der Waals surface area contributed by atoms with Crippen LogP contribution >= 0.6 is 23.5 Å². The predicted octanol–water partition coefficient (Wildman–Crippen LogP) is 13.2. The molecular formula is C61H94N2O11S2. The molecule has 13 nitrogen and oxygen atoms in total. The van der Waals surface area contributed by atoms with E-state index in [9.17, 15) is 4.79 Å².